The summed E-state index contributed by atoms with van der Waals surface area (Å²) < 4.78 is 8.87. The van der Waals surface area contributed by atoms with Crippen molar-refractivity contribution >= 4 is 5.97 Å². The Kier molecular flexibility index (Phi) is 9.82. The summed E-state index contributed by atoms with van der Waals surface area (Å²) in [6.45, 7) is 4.78. The topological polar surface area (TPSA) is 128 Å². The number of tetrazole rings is 1. The van der Waals surface area contributed by atoms with Crippen LogP contribution in [0.2, 0.25) is 0 Å². The highest BCUT2D eigenvalue weighted by molar-refractivity contribution is 5.89. The van der Waals surface area contributed by atoms with Crippen LogP contribution in [0.3, 0.4) is 0 Å². The maximum absolute atomic E-state index is 13.1. The first-order chi connectivity index (χ1) is 25.8. The minimum Gasteiger partial charge on any atom is -0.461 e. The van der Waals surface area contributed by atoms with E-state index in [2.05, 4.69) is 51.7 Å². The van der Waals surface area contributed by atoms with Crippen molar-refractivity contribution in [1.29, 1.82) is 0 Å². The molecule has 0 atom stereocenters. The van der Waals surface area contributed by atoms with Gasteiger partial charge in [-0.2, -0.15) is 0 Å². The second kappa shape index (κ2) is 14.8. The van der Waals surface area contributed by atoms with E-state index in [1.165, 1.54) is 0 Å². The minimum absolute atomic E-state index is 0.114. The Labute approximate surface area is 308 Å². The number of imidazole rings is 1. The molecule has 10 heteroatoms. The largest absolute Gasteiger partial charge is 0.461 e. The third-order valence-electron chi connectivity index (χ3n) is 9.37. The third kappa shape index (κ3) is 6.54. The zero-order valence-corrected chi connectivity index (χ0v) is 29.8. The molecule has 7 aromatic rings. The fourth-order valence-corrected chi connectivity index (χ4v) is 7.01. The molecule has 2 aromatic heterocycles. The van der Waals surface area contributed by atoms with Crippen molar-refractivity contribution in [1.82, 2.24) is 29.8 Å². The van der Waals surface area contributed by atoms with Crippen LogP contribution in [0.25, 0.3) is 22.5 Å². The van der Waals surface area contributed by atoms with Gasteiger partial charge < -0.3 is 19.5 Å². The lowest BCUT2D eigenvalue weighted by Gasteiger charge is -2.36. The number of aliphatic hydroxyl groups is 2. The van der Waals surface area contributed by atoms with Crippen molar-refractivity contribution in [3.8, 4) is 22.5 Å². The quantitative estimate of drug-likeness (QED) is 0.103. The summed E-state index contributed by atoms with van der Waals surface area (Å²) in [6.07, 6.45) is 0. The number of hydrogen-bond acceptors (Lipinski definition) is 8. The van der Waals surface area contributed by atoms with Gasteiger partial charge in [-0.3, -0.25) is 0 Å². The molecule has 2 heterocycles. The van der Waals surface area contributed by atoms with Crippen LogP contribution >= 0.6 is 0 Å². The average Bonchev–Trinajstić information content (AvgIpc) is 3.83. The van der Waals surface area contributed by atoms with E-state index in [0.29, 0.717) is 5.82 Å². The predicted molar refractivity (Wildman–Crippen MR) is 202 cm³/mol. The summed E-state index contributed by atoms with van der Waals surface area (Å²) in [5.41, 5.74) is 4.49. The number of carbonyl (C=O) groups is 1. The normalized spacial score (nSPS) is 11.8. The number of esters is 1. The first kappa shape index (κ1) is 35.2. The van der Waals surface area contributed by atoms with E-state index in [0.717, 1.165) is 38.9 Å². The second-order valence-corrected chi connectivity index (χ2v) is 13.2. The van der Waals surface area contributed by atoms with Crippen LogP contribution in [0.15, 0.2) is 140 Å². The van der Waals surface area contributed by atoms with Crippen molar-refractivity contribution in [2.45, 2.75) is 45.1 Å². The Bertz CT molecular complexity index is 2220. The molecule has 10 nitrogen and oxygen atoms in total. The van der Waals surface area contributed by atoms with Crippen LogP contribution in [-0.2, 0) is 29.0 Å². The lowest BCUT2D eigenvalue weighted by molar-refractivity contribution is 0.0469. The highest BCUT2D eigenvalue weighted by Gasteiger charge is 2.42. The number of benzene rings is 5. The Morgan fingerprint density at radius 3 is 1.77 bits per heavy atom. The smallest absolute Gasteiger partial charge is 0.357 e. The SMILES string of the molecule is CCOC(=O)c1c(C(C)(C)O)nc(CO)n1Cc1ccc(-c2ccccc2-c2nnnn2C(c2ccccc2)(c2ccccc2)c2ccccc2)cc1. The van der Waals surface area contributed by atoms with E-state index in [1.807, 2.05) is 108 Å². The first-order valence-electron chi connectivity index (χ1n) is 17.5. The number of aromatic nitrogens is 6. The maximum atomic E-state index is 13.1. The molecule has 0 aliphatic rings. The molecule has 53 heavy (non-hydrogen) atoms. The number of hydrogen-bond donors (Lipinski definition) is 2. The molecular weight excluding hydrogens is 665 g/mol. The molecule has 0 bridgehead atoms. The summed E-state index contributed by atoms with van der Waals surface area (Å²) in [5, 5.41) is 34.7. The van der Waals surface area contributed by atoms with Crippen molar-refractivity contribution in [2.24, 2.45) is 0 Å². The molecule has 0 saturated carbocycles. The Hall–Kier alpha value is -6.23. The highest BCUT2D eigenvalue weighted by Crippen LogP contribution is 2.43. The maximum Gasteiger partial charge on any atom is 0.357 e. The van der Waals surface area contributed by atoms with Crippen molar-refractivity contribution < 1.29 is 19.7 Å². The zero-order valence-electron chi connectivity index (χ0n) is 29.8. The van der Waals surface area contributed by atoms with Gasteiger partial charge in [0.25, 0.3) is 0 Å². The van der Waals surface area contributed by atoms with Gasteiger partial charge in [0.2, 0.25) is 0 Å². The van der Waals surface area contributed by atoms with Gasteiger partial charge in [-0.15, -0.1) is 5.10 Å². The first-order valence-corrected chi connectivity index (χ1v) is 17.5. The highest BCUT2D eigenvalue weighted by atomic mass is 16.5. The molecule has 5 aromatic carbocycles. The minimum atomic E-state index is -1.43. The molecule has 0 fully saturated rings. The molecule has 7 rings (SSSR count). The molecule has 0 saturated heterocycles. The standard InChI is InChI=1S/C43H40N6O4/c1-4-53-41(51)38-39(42(2,3)52)44-37(29-50)48(38)28-30-24-26-31(27-25-30)35-22-14-15-23-36(35)40-45-46-47-49(40)43(32-16-8-5-9-17-32,33-18-10-6-11-19-33)34-20-12-7-13-21-34/h5-27,50,52H,4,28-29H2,1-3H3. The lowest BCUT2D eigenvalue weighted by Crippen LogP contribution is -2.39. The molecule has 266 valence electrons. The van der Waals surface area contributed by atoms with E-state index < -0.39 is 23.7 Å². The Morgan fingerprint density at radius 1 is 0.736 bits per heavy atom. The van der Waals surface area contributed by atoms with Crippen LogP contribution in [0.5, 0.6) is 0 Å². The zero-order chi connectivity index (χ0) is 37.0. The van der Waals surface area contributed by atoms with Crippen LogP contribution < -0.4 is 0 Å². The average molecular weight is 705 g/mol. The van der Waals surface area contributed by atoms with E-state index in [-0.39, 0.29) is 30.4 Å². The van der Waals surface area contributed by atoms with Gasteiger partial charge >= 0.3 is 5.97 Å². The predicted octanol–water partition coefficient (Wildman–Crippen LogP) is 6.99. The summed E-state index contributed by atoms with van der Waals surface area (Å²) in [4.78, 5) is 17.6. The third-order valence-corrected chi connectivity index (χ3v) is 9.37. The fourth-order valence-electron chi connectivity index (χ4n) is 7.01. The van der Waals surface area contributed by atoms with Gasteiger partial charge in [-0.05, 0) is 64.6 Å². The molecular formula is C43H40N6O4. The lowest BCUT2D eigenvalue weighted by atomic mass is 9.77. The van der Waals surface area contributed by atoms with E-state index in [4.69, 9.17) is 9.95 Å². The monoisotopic (exact) mass is 704 g/mol. The van der Waals surface area contributed by atoms with Crippen molar-refractivity contribution in [2.75, 3.05) is 6.61 Å². The summed E-state index contributed by atoms with van der Waals surface area (Å²) in [5.74, 6) is 0.230. The van der Waals surface area contributed by atoms with Crippen LogP contribution in [0, 0.1) is 0 Å². The van der Waals surface area contributed by atoms with Gasteiger partial charge in [0.05, 0.1) is 6.61 Å². The molecule has 0 aliphatic carbocycles. The second-order valence-electron chi connectivity index (χ2n) is 13.2. The summed E-state index contributed by atoms with van der Waals surface area (Å²) in [7, 11) is 0. The van der Waals surface area contributed by atoms with Crippen molar-refractivity contribution in [3.05, 3.63) is 179 Å². The molecule has 0 aliphatic heterocycles. The van der Waals surface area contributed by atoms with Gasteiger partial charge in [-0.1, -0.05) is 140 Å². The van der Waals surface area contributed by atoms with Gasteiger partial charge in [0.15, 0.2) is 11.5 Å². The Morgan fingerprint density at radius 2 is 1.26 bits per heavy atom. The van der Waals surface area contributed by atoms with Crippen LogP contribution in [0.1, 0.15) is 65.0 Å². The van der Waals surface area contributed by atoms with E-state index in [1.54, 1.807) is 25.3 Å². The van der Waals surface area contributed by atoms with E-state index in [9.17, 15) is 15.0 Å². The number of rotatable bonds is 12. The molecule has 0 spiro atoms. The van der Waals surface area contributed by atoms with E-state index >= 15 is 0 Å². The van der Waals surface area contributed by atoms with Gasteiger partial charge in [0.1, 0.15) is 29.3 Å². The van der Waals surface area contributed by atoms with Crippen molar-refractivity contribution in [3.63, 3.8) is 0 Å². The fraction of sp³-hybridized carbons (Fsp3) is 0.186. The Balaban J connectivity index is 1.33. The van der Waals surface area contributed by atoms with Gasteiger partial charge in [0, 0.05) is 12.1 Å². The van der Waals surface area contributed by atoms with Crippen LogP contribution in [-0.4, -0.2) is 52.5 Å². The van der Waals surface area contributed by atoms with Crippen LogP contribution in [0.4, 0.5) is 0 Å². The number of nitrogens with zero attached hydrogens (tertiary/aromatic N) is 6. The molecule has 0 amide bonds. The van der Waals surface area contributed by atoms with Gasteiger partial charge in [-0.25, -0.2) is 14.5 Å². The molecule has 0 radical (unpaired) electrons. The summed E-state index contributed by atoms with van der Waals surface area (Å²) in [6, 6.07) is 46.9. The number of carbonyl (C=O) groups excluding carboxylic acids is 1. The molecule has 2 N–H and O–H groups in total. The number of ether oxygens (including phenoxy) is 1. The number of aliphatic hydroxyl groups excluding tert-OH is 1. The summed E-state index contributed by atoms with van der Waals surface area (Å²) >= 11 is 0. The molecule has 0 unspecified atom stereocenters.